The van der Waals surface area contributed by atoms with Gasteiger partial charge < -0.3 is 10.1 Å². The number of ether oxygens (including phenoxy) is 1. The van der Waals surface area contributed by atoms with E-state index in [9.17, 15) is 10.1 Å². The smallest absolute Gasteiger partial charge is 0.262 e. The first kappa shape index (κ1) is 16.6. The highest BCUT2D eigenvalue weighted by Crippen LogP contribution is 2.29. The number of fused-ring (bicyclic) bond motifs is 1. The predicted octanol–water partition coefficient (Wildman–Crippen LogP) is 3.67. The Hall–Kier alpha value is -2.80. The second-order valence-corrected chi connectivity index (χ2v) is 5.36. The van der Waals surface area contributed by atoms with E-state index in [-0.39, 0.29) is 17.5 Å². The van der Waals surface area contributed by atoms with E-state index >= 15 is 0 Å². The zero-order chi connectivity index (χ0) is 16.8. The summed E-state index contributed by atoms with van der Waals surface area (Å²) in [5, 5.41) is 14.0. The molecular formula is C19H20N2O2. The van der Waals surface area contributed by atoms with E-state index in [4.69, 9.17) is 4.74 Å². The van der Waals surface area contributed by atoms with E-state index in [1.165, 1.54) is 0 Å². The van der Waals surface area contributed by atoms with Crippen LogP contribution in [0.5, 0.6) is 5.75 Å². The van der Waals surface area contributed by atoms with Crippen molar-refractivity contribution in [1.29, 1.82) is 5.26 Å². The molecule has 0 bridgehead atoms. The Labute approximate surface area is 136 Å². The minimum atomic E-state index is -0.346. The largest absolute Gasteiger partial charge is 0.496 e. The van der Waals surface area contributed by atoms with E-state index < -0.39 is 0 Å². The fourth-order valence-corrected chi connectivity index (χ4v) is 2.31. The maximum Gasteiger partial charge on any atom is 0.262 e. The van der Waals surface area contributed by atoms with E-state index in [2.05, 4.69) is 5.32 Å². The van der Waals surface area contributed by atoms with Crippen LogP contribution in [0.3, 0.4) is 0 Å². The molecule has 118 valence electrons. The SMILES string of the molecule is CC[C@@H](C)NC(=O)/C(C#N)=C/c1ccc(OC)c2ccccc12. The molecule has 2 aromatic rings. The molecule has 2 rings (SSSR count). The Morgan fingerprint density at radius 2 is 2.00 bits per heavy atom. The molecule has 0 radical (unpaired) electrons. The van der Waals surface area contributed by atoms with Gasteiger partial charge in [0.2, 0.25) is 0 Å². The van der Waals surface area contributed by atoms with Gasteiger partial charge in [-0.2, -0.15) is 5.26 Å². The van der Waals surface area contributed by atoms with E-state index in [0.717, 1.165) is 28.5 Å². The van der Waals surface area contributed by atoms with Gasteiger partial charge in [0.05, 0.1) is 7.11 Å². The van der Waals surface area contributed by atoms with Gasteiger partial charge in [0.1, 0.15) is 17.4 Å². The lowest BCUT2D eigenvalue weighted by Gasteiger charge is -2.11. The van der Waals surface area contributed by atoms with E-state index in [1.807, 2.05) is 56.3 Å². The van der Waals surface area contributed by atoms with Crippen molar-refractivity contribution in [2.75, 3.05) is 7.11 Å². The lowest BCUT2D eigenvalue weighted by Crippen LogP contribution is -2.32. The van der Waals surface area contributed by atoms with Gasteiger partial charge in [-0.1, -0.05) is 37.3 Å². The Balaban J connectivity index is 2.47. The minimum Gasteiger partial charge on any atom is -0.496 e. The highest BCUT2D eigenvalue weighted by Gasteiger charge is 2.12. The molecule has 0 heterocycles. The van der Waals surface area contributed by atoms with Crippen LogP contribution in [0.2, 0.25) is 0 Å². The van der Waals surface area contributed by atoms with Gasteiger partial charge in [0.15, 0.2) is 0 Å². The Morgan fingerprint density at radius 1 is 1.30 bits per heavy atom. The maximum atomic E-state index is 12.2. The minimum absolute atomic E-state index is 0.0341. The monoisotopic (exact) mass is 308 g/mol. The Morgan fingerprint density at radius 3 is 2.61 bits per heavy atom. The standard InChI is InChI=1S/C19H20N2O2/c1-4-13(2)21-19(22)15(12-20)11-14-9-10-18(23-3)17-8-6-5-7-16(14)17/h5-11,13H,4H2,1-3H3,(H,21,22)/b15-11+/t13-/m1/s1. The molecule has 0 aliphatic carbocycles. The summed E-state index contributed by atoms with van der Waals surface area (Å²) in [7, 11) is 1.62. The first-order valence-corrected chi connectivity index (χ1v) is 7.59. The Kier molecular flexibility index (Phi) is 5.37. The lowest BCUT2D eigenvalue weighted by atomic mass is 10.0. The van der Waals surface area contributed by atoms with Crippen molar-refractivity contribution in [3.63, 3.8) is 0 Å². The average Bonchev–Trinajstić information content (AvgIpc) is 2.59. The average molecular weight is 308 g/mol. The molecule has 0 aromatic heterocycles. The summed E-state index contributed by atoms with van der Waals surface area (Å²) in [5.74, 6) is 0.419. The van der Waals surface area contributed by atoms with Crippen molar-refractivity contribution < 1.29 is 9.53 Å². The van der Waals surface area contributed by atoms with Gasteiger partial charge in [-0.25, -0.2) is 0 Å². The molecular weight excluding hydrogens is 288 g/mol. The third-order valence-electron chi connectivity index (χ3n) is 3.79. The molecule has 4 heteroatoms. The number of nitriles is 1. The molecule has 1 N–H and O–H groups in total. The molecule has 1 atom stereocenters. The van der Waals surface area contributed by atoms with Gasteiger partial charge in [-0.05, 0) is 36.4 Å². The fraction of sp³-hybridized carbons (Fsp3) is 0.263. The normalized spacial score (nSPS) is 12.5. The summed E-state index contributed by atoms with van der Waals surface area (Å²) < 4.78 is 5.36. The van der Waals surface area contributed by atoms with Gasteiger partial charge in [0, 0.05) is 11.4 Å². The number of carbonyl (C=O) groups excluding carboxylic acids is 1. The topological polar surface area (TPSA) is 62.1 Å². The summed E-state index contributed by atoms with van der Waals surface area (Å²) in [5.41, 5.74) is 0.915. The third kappa shape index (κ3) is 3.70. The number of benzene rings is 2. The number of hydrogen-bond acceptors (Lipinski definition) is 3. The predicted molar refractivity (Wildman–Crippen MR) is 92.0 cm³/mol. The first-order valence-electron chi connectivity index (χ1n) is 7.59. The zero-order valence-electron chi connectivity index (χ0n) is 13.6. The number of rotatable bonds is 5. The molecule has 0 saturated heterocycles. The molecule has 0 unspecified atom stereocenters. The summed E-state index contributed by atoms with van der Waals surface area (Å²) in [4.78, 5) is 12.2. The molecule has 4 nitrogen and oxygen atoms in total. The van der Waals surface area contributed by atoms with Crippen LogP contribution in [-0.2, 0) is 4.79 Å². The number of hydrogen-bond donors (Lipinski definition) is 1. The van der Waals surface area contributed by atoms with Crippen molar-refractivity contribution in [1.82, 2.24) is 5.32 Å². The summed E-state index contributed by atoms with van der Waals surface area (Å²) >= 11 is 0. The highest BCUT2D eigenvalue weighted by atomic mass is 16.5. The van der Waals surface area contributed by atoms with Gasteiger partial charge in [-0.3, -0.25) is 4.79 Å². The molecule has 0 spiro atoms. The van der Waals surface area contributed by atoms with Crippen LogP contribution in [0.25, 0.3) is 16.8 Å². The molecule has 0 aliphatic rings. The third-order valence-corrected chi connectivity index (χ3v) is 3.79. The molecule has 0 aliphatic heterocycles. The second kappa shape index (κ2) is 7.46. The van der Waals surface area contributed by atoms with Crippen LogP contribution in [0.4, 0.5) is 0 Å². The van der Waals surface area contributed by atoms with Crippen LogP contribution in [0.1, 0.15) is 25.8 Å². The number of amides is 1. The van der Waals surface area contributed by atoms with Crippen molar-refractivity contribution in [3.05, 3.63) is 47.5 Å². The van der Waals surface area contributed by atoms with Crippen molar-refractivity contribution in [2.45, 2.75) is 26.3 Å². The van der Waals surface area contributed by atoms with Gasteiger partial charge in [0.25, 0.3) is 5.91 Å². The van der Waals surface area contributed by atoms with E-state index in [1.54, 1.807) is 13.2 Å². The number of methoxy groups -OCH3 is 1. The quantitative estimate of drug-likeness (QED) is 0.677. The Bertz CT molecular complexity index is 788. The maximum absolute atomic E-state index is 12.2. The molecule has 1 amide bonds. The molecule has 2 aromatic carbocycles. The number of nitrogens with zero attached hydrogens (tertiary/aromatic N) is 1. The zero-order valence-corrected chi connectivity index (χ0v) is 13.6. The van der Waals surface area contributed by atoms with Crippen LogP contribution < -0.4 is 10.1 Å². The molecule has 0 saturated carbocycles. The van der Waals surface area contributed by atoms with Crippen LogP contribution in [0, 0.1) is 11.3 Å². The number of carbonyl (C=O) groups is 1. The highest BCUT2D eigenvalue weighted by molar-refractivity contribution is 6.04. The number of nitrogens with one attached hydrogen (secondary N) is 1. The lowest BCUT2D eigenvalue weighted by molar-refractivity contribution is -0.117. The van der Waals surface area contributed by atoms with Crippen molar-refractivity contribution in [2.24, 2.45) is 0 Å². The van der Waals surface area contributed by atoms with Crippen LogP contribution in [-0.4, -0.2) is 19.1 Å². The summed E-state index contributed by atoms with van der Waals surface area (Å²) in [6.45, 7) is 3.90. The molecule has 0 fully saturated rings. The van der Waals surface area contributed by atoms with Crippen molar-refractivity contribution >= 4 is 22.8 Å². The summed E-state index contributed by atoms with van der Waals surface area (Å²) in [6.07, 6.45) is 2.44. The fourth-order valence-electron chi connectivity index (χ4n) is 2.31. The van der Waals surface area contributed by atoms with Gasteiger partial charge in [-0.15, -0.1) is 0 Å². The van der Waals surface area contributed by atoms with Crippen molar-refractivity contribution in [3.8, 4) is 11.8 Å². The van der Waals surface area contributed by atoms with E-state index in [0.29, 0.717) is 0 Å². The van der Waals surface area contributed by atoms with Gasteiger partial charge >= 0.3 is 0 Å². The first-order chi connectivity index (χ1) is 11.1. The second-order valence-electron chi connectivity index (χ2n) is 5.36. The molecule has 23 heavy (non-hydrogen) atoms. The van der Waals surface area contributed by atoms with Crippen LogP contribution >= 0.6 is 0 Å². The summed E-state index contributed by atoms with van der Waals surface area (Å²) in [6, 6.07) is 13.5. The van der Waals surface area contributed by atoms with Crippen LogP contribution in [0.15, 0.2) is 42.0 Å².